The van der Waals surface area contributed by atoms with Gasteiger partial charge in [0.25, 0.3) is 6.01 Å². The van der Waals surface area contributed by atoms with Gasteiger partial charge >= 0.3 is 0 Å². The van der Waals surface area contributed by atoms with Crippen molar-refractivity contribution in [2.24, 2.45) is 0 Å². The third-order valence-electron chi connectivity index (χ3n) is 4.16. The Morgan fingerprint density at radius 3 is 2.68 bits per heavy atom. The fraction of sp³-hybridized carbons (Fsp3) is 0.375. The molecule has 6 heteroatoms. The van der Waals surface area contributed by atoms with Crippen molar-refractivity contribution in [2.75, 3.05) is 37.6 Å². The van der Waals surface area contributed by atoms with Crippen molar-refractivity contribution in [1.29, 1.82) is 0 Å². The van der Waals surface area contributed by atoms with E-state index < -0.39 is 0 Å². The second kappa shape index (κ2) is 5.81. The van der Waals surface area contributed by atoms with Crippen molar-refractivity contribution in [3.05, 3.63) is 43.0 Å². The molecule has 0 amide bonds. The highest BCUT2D eigenvalue weighted by Crippen LogP contribution is 2.22. The molecule has 1 aliphatic rings. The highest BCUT2D eigenvalue weighted by atomic mass is 16.4. The first-order valence-electron chi connectivity index (χ1n) is 7.67. The van der Waals surface area contributed by atoms with Crippen LogP contribution in [0.2, 0.25) is 0 Å². The van der Waals surface area contributed by atoms with E-state index in [1.807, 2.05) is 43.0 Å². The standard InChI is InChI=1S/C16H19N5O/c1-2-4-15-14(3-1)18-16(22-15)21-11-9-19(10-12-21)7-8-20-6-5-17-13-20/h1-6,13H,7-12H2. The molecular formula is C16H19N5O. The van der Waals surface area contributed by atoms with Crippen LogP contribution in [0.15, 0.2) is 47.4 Å². The highest BCUT2D eigenvalue weighted by molar-refractivity contribution is 5.74. The van der Waals surface area contributed by atoms with Gasteiger partial charge in [-0.3, -0.25) is 4.90 Å². The molecule has 2 aromatic heterocycles. The third-order valence-corrected chi connectivity index (χ3v) is 4.16. The van der Waals surface area contributed by atoms with Crippen LogP contribution in [0.25, 0.3) is 11.1 Å². The summed E-state index contributed by atoms with van der Waals surface area (Å²) in [4.78, 5) is 13.4. The number of anilines is 1. The SMILES string of the molecule is c1ccc2oc(N3CCN(CCn4ccnc4)CC3)nc2c1. The molecule has 0 spiro atoms. The van der Waals surface area contributed by atoms with Crippen molar-refractivity contribution in [1.82, 2.24) is 19.4 Å². The van der Waals surface area contributed by atoms with E-state index >= 15 is 0 Å². The molecule has 0 aliphatic carbocycles. The first-order valence-corrected chi connectivity index (χ1v) is 7.67. The van der Waals surface area contributed by atoms with E-state index in [2.05, 4.69) is 24.3 Å². The topological polar surface area (TPSA) is 50.3 Å². The molecule has 6 nitrogen and oxygen atoms in total. The van der Waals surface area contributed by atoms with Crippen molar-refractivity contribution in [3.8, 4) is 0 Å². The van der Waals surface area contributed by atoms with Crippen LogP contribution in [0.1, 0.15) is 0 Å². The molecule has 0 N–H and O–H groups in total. The average Bonchev–Trinajstić information content (AvgIpc) is 3.22. The molecule has 0 radical (unpaired) electrons. The van der Waals surface area contributed by atoms with Gasteiger partial charge in [0.2, 0.25) is 0 Å². The zero-order valence-electron chi connectivity index (χ0n) is 12.4. The third kappa shape index (κ3) is 2.69. The lowest BCUT2D eigenvalue weighted by atomic mass is 10.3. The van der Waals surface area contributed by atoms with Gasteiger partial charge < -0.3 is 13.9 Å². The predicted octanol–water partition coefficient (Wildman–Crippen LogP) is 1.85. The minimum absolute atomic E-state index is 0.746. The summed E-state index contributed by atoms with van der Waals surface area (Å²) in [7, 11) is 0. The van der Waals surface area contributed by atoms with E-state index in [9.17, 15) is 0 Å². The summed E-state index contributed by atoms with van der Waals surface area (Å²) in [6.45, 7) is 6.02. The summed E-state index contributed by atoms with van der Waals surface area (Å²) in [6.07, 6.45) is 5.70. The van der Waals surface area contributed by atoms with Gasteiger partial charge in [0.05, 0.1) is 6.33 Å². The molecule has 114 valence electrons. The number of aromatic nitrogens is 3. The second-order valence-electron chi connectivity index (χ2n) is 5.59. The Balaban J connectivity index is 1.35. The second-order valence-corrected chi connectivity index (χ2v) is 5.59. The number of piperazine rings is 1. The first kappa shape index (κ1) is 13.3. The van der Waals surface area contributed by atoms with E-state index in [-0.39, 0.29) is 0 Å². The van der Waals surface area contributed by atoms with Crippen molar-refractivity contribution in [3.63, 3.8) is 0 Å². The van der Waals surface area contributed by atoms with Gasteiger partial charge in [0.15, 0.2) is 5.58 Å². The van der Waals surface area contributed by atoms with E-state index in [0.29, 0.717) is 0 Å². The molecule has 1 fully saturated rings. The van der Waals surface area contributed by atoms with Crippen molar-refractivity contribution < 1.29 is 4.42 Å². The summed E-state index contributed by atoms with van der Waals surface area (Å²) in [5.74, 6) is 0. The summed E-state index contributed by atoms with van der Waals surface area (Å²) in [5.41, 5.74) is 1.79. The van der Waals surface area contributed by atoms with Crippen LogP contribution in [0.5, 0.6) is 0 Å². The molecular weight excluding hydrogens is 278 g/mol. The van der Waals surface area contributed by atoms with Crippen molar-refractivity contribution in [2.45, 2.75) is 6.54 Å². The summed E-state index contributed by atoms with van der Waals surface area (Å²) >= 11 is 0. The van der Waals surface area contributed by atoms with Gasteiger partial charge in [-0.25, -0.2) is 4.98 Å². The molecule has 1 aromatic carbocycles. The van der Waals surface area contributed by atoms with Crippen LogP contribution in [0.4, 0.5) is 6.01 Å². The lowest BCUT2D eigenvalue weighted by molar-refractivity contribution is 0.244. The number of imidazole rings is 1. The predicted molar refractivity (Wildman–Crippen MR) is 84.9 cm³/mol. The van der Waals surface area contributed by atoms with Gasteiger partial charge in [0.1, 0.15) is 5.52 Å². The lowest BCUT2D eigenvalue weighted by Gasteiger charge is -2.33. The Bertz CT molecular complexity index is 695. The van der Waals surface area contributed by atoms with E-state index in [4.69, 9.17) is 4.42 Å². The van der Waals surface area contributed by atoms with Crippen LogP contribution in [-0.2, 0) is 6.54 Å². The van der Waals surface area contributed by atoms with Gasteiger partial charge in [-0.05, 0) is 12.1 Å². The number of benzene rings is 1. The summed E-state index contributed by atoms with van der Waals surface area (Å²) in [6, 6.07) is 8.67. The molecule has 3 aromatic rings. The maximum atomic E-state index is 5.85. The lowest BCUT2D eigenvalue weighted by Crippen LogP contribution is -2.47. The highest BCUT2D eigenvalue weighted by Gasteiger charge is 2.20. The first-order chi connectivity index (χ1) is 10.9. The van der Waals surface area contributed by atoms with Crippen LogP contribution < -0.4 is 4.90 Å². The molecule has 1 aliphatic heterocycles. The Labute approximate surface area is 129 Å². The van der Waals surface area contributed by atoms with E-state index in [1.54, 1.807) is 0 Å². The molecule has 22 heavy (non-hydrogen) atoms. The fourth-order valence-electron chi connectivity index (χ4n) is 2.83. The molecule has 0 bridgehead atoms. The zero-order chi connectivity index (χ0) is 14.8. The van der Waals surface area contributed by atoms with Gasteiger partial charge in [-0.1, -0.05) is 12.1 Å². The average molecular weight is 297 g/mol. The monoisotopic (exact) mass is 297 g/mol. The quantitative estimate of drug-likeness (QED) is 0.735. The largest absolute Gasteiger partial charge is 0.423 e. The minimum atomic E-state index is 0.746. The van der Waals surface area contributed by atoms with Crippen LogP contribution in [-0.4, -0.2) is 52.2 Å². The number of hydrogen-bond donors (Lipinski definition) is 0. The minimum Gasteiger partial charge on any atom is -0.423 e. The maximum absolute atomic E-state index is 5.85. The summed E-state index contributed by atoms with van der Waals surface area (Å²) in [5, 5.41) is 0. The molecule has 4 rings (SSSR count). The van der Waals surface area contributed by atoms with Gasteiger partial charge in [-0.15, -0.1) is 0 Å². The summed E-state index contributed by atoms with van der Waals surface area (Å²) < 4.78 is 7.96. The smallest absolute Gasteiger partial charge is 0.298 e. The molecule has 1 saturated heterocycles. The number of nitrogens with zero attached hydrogens (tertiary/aromatic N) is 5. The molecule has 0 unspecified atom stereocenters. The zero-order valence-corrected chi connectivity index (χ0v) is 12.4. The van der Waals surface area contributed by atoms with Gasteiger partial charge in [-0.2, -0.15) is 4.98 Å². The number of fused-ring (bicyclic) bond motifs is 1. The number of para-hydroxylation sites is 2. The van der Waals surface area contributed by atoms with Crippen LogP contribution in [0, 0.1) is 0 Å². The number of rotatable bonds is 4. The number of oxazole rings is 1. The van der Waals surface area contributed by atoms with E-state index in [0.717, 1.165) is 56.4 Å². The molecule has 0 atom stereocenters. The molecule has 3 heterocycles. The molecule has 0 saturated carbocycles. The van der Waals surface area contributed by atoms with Crippen molar-refractivity contribution >= 4 is 17.1 Å². The Hall–Kier alpha value is -2.34. The maximum Gasteiger partial charge on any atom is 0.298 e. The van der Waals surface area contributed by atoms with Gasteiger partial charge in [0, 0.05) is 51.7 Å². The fourth-order valence-corrected chi connectivity index (χ4v) is 2.83. The normalized spacial score (nSPS) is 16.5. The Kier molecular flexibility index (Phi) is 3.52. The Morgan fingerprint density at radius 1 is 1.05 bits per heavy atom. The van der Waals surface area contributed by atoms with E-state index in [1.165, 1.54) is 0 Å². The van der Waals surface area contributed by atoms with Crippen LogP contribution >= 0.6 is 0 Å². The van der Waals surface area contributed by atoms with Crippen LogP contribution in [0.3, 0.4) is 0 Å². The number of hydrogen-bond acceptors (Lipinski definition) is 5. The Morgan fingerprint density at radius 2 is 1.91 bits per heavy atom.